The molecule has 0 aliphatic carbocycles. The van der Waals surface area contributed by atoms with Gasteiger partial charge in [0.25, 0.3) is 0 Å². The lowest BCUT2D eigenvalue weighted by atomic mass is 9.89. The van der Waals surface area contributed by atoms with Crippen LogP contribution >= 0.6 is 0 Å². The molecular weight excluding hydrogens is 482 g/mol. The first kappa shape index (κ1) is 26.4. The zero-order valence-corrected chi connectivity index (χ0v) is 22.2. The van der Waals surface area contributed by atoms with Crippen molar-refractivity contribution in [3.63, 3.8) is 0 Å². The number of nitriles is 1. The number of nitrogens with zero attached hydrogens (tertiary/aromatic N) is 3. The van der Waals surface area contributed by atoms with Crippen LogP contribution < -0.4 is 5.32 Å². The van der Waals surface area contributed by atoms with E-state index in [0.717, 1.165) is 50.2 Å². The number of rotatable bonds is 10. The van der Waals surface area contributed by atoms with Gasteiger partial charge in [-0.3, -0.25) is 4.79 Å². The van der Waals surface area contributed by atoms with Gasteiger partial charge in [-0.15, -0.1) is 0 Å². The van der Waals surface area contributed by atoms with E-state index in [-0.39, 0.29) is 23.7 Å². The van der Waals surface area contributed by atoms with Gasteiger partial charge in [0, 0.05) is 43.4 Å². The standard InChI is InChI=1S/C33H35N5O/c34-19-26-15-13-25(14-16-26)18-30(32-21-35-24-37-32)20-36-33(39)29-12-7-17-38(22-29)23-31(27-8-3-1-4-9-27)28-10-5-2-6-11-28/h1-6,8-11,13-16,21,24,29-31H,7,12,17-18,20,22-23H2,(H,35,37)(H,36,39). The number of aromatic nitrogens is 2. The summed E-state index contributed by atoms with van der Waals surface area (Å²) >= 11 is 0. The van der Waals surface area contributed by atoms with E-state index in [9.17, 15) is 4.79 Å². The predicted octanol–water partition coefficient (Wildman–Crippen LogP) is 5.27. The lowest BCUT2D eigenvalue weighted by molar-refractivity contribution is -0.126. The maximum absolute atomic E-state index is 13.4. The van der Waals surface area contributed by atoms with Gasteiger partial charge in [0.1, 0.15) is 0 Å². The number of benzene rings is 3. The maximum Gasteiger partial charge on any atom is 0.224 e. The van der Waals surface area contributed by atoms with Crippen LogP contribution in [0.5, 0.6) is 0 Å². The Morgan fingerprint density at radius 3 is 2.33 bits per heavy atom. The maximum atomic E-state index is 13.4. The Kier molecular flexibility index (Phi) is 8.82. The molecule has 1 aromatic heterocycles. The molecule has 6 nitrogen and oxygen atoms in total. The number of likely N-dealkylation sites (tertiary alicyclic amines) is 1. The van der Waals surface area contributed by atoms with Gasteiger partial charge in [-0.05, 0) is 54.6 Å². The highest BCUT2D eigenvalue weighted by Crippen LogP contribution is 2.28. The lowest BCUT2D eigenvalue weighted by Crippen LogP contribution is -2.45. The van der Waals surface area contributed by atoms with Crippen molar-refractivity contribution in [2.24, 2.45) is 5.92 Å². The molecule has 4 aromatic rings. The van der Waals surface area contributed by atoms with Crippen LogP contribution in [-0.2, 0) is 11.2 Å². The van der Waals surface area contributed by atoms with Crippen molar-refractivity contribution < 1.29 is 4.79 Å². The van der Waals surface area contributed by atoms with Gasteiger partial charge in [-0.1, -0.05) is 72.8 Å². The summed E-state index contributed by atoms with van der Waals surface area (Å²) in [4.78, 5) is 23.3. The van der Waals surface area contributed by atoms with Gasteiger partial charge in [-0.2, -0.15) is 5.26 Å². The van der Waals surface area contributed by atoms with E-state index in [1.54, 1.807) is 6.33 Å². The number of carbonyl (C=O) groups is 1. The molecule has 3 aromatic carbocycles. The summed E-state index contributed by atoms with van der Waals surface area (Å²) in [6.45, 7) is 3.21. The molecule has 0 spiro atoms. The number of amides is 1. The quantitative estimate of drug-likeness (QED) is 0.300. The summed E-state index contributed by atoms with van der Waals surface area (Å²) in [6, 6.07) is 31.2. The molecule has 1 saturated heterocycles. The van der Waals surface area contributed by atoms with Crippen molar-refractivity contribution in [2.75, 3.05) is 26.2 Å². The van der Waals surface area contributed by atoms with Gasteiger partial charge >= 0.3 is 0 Å². The third-order valence-corrected chi connectivity index (χ3v) is 7.77. The zero-order valence-electron chi connectivity index (χ0n) is 22.2. The minimum absolute atomic E-state index is 0.0247. The SMILES string of the molecule is N#Cc1ccc(CC(CNC(=O)C2CCCN(CC(c3ccccc3)c3ccccc3)C2)c2cnc[nH]2)cc1. The van der Waals surface area contributed by atoms with Gasteiger partial charge in [0.05, 0.1) is 23.9 Å². The third kappa shape index (κ3) is 7.01. The highest BCUT2D eigenvalue weighted by Gasteiger charge is 2.28. The van der Waals surface area contributed by atoms with E-state index in [4.69, 9.17) is 5.26 Å². The van der Waals surface area contributed by atoms with Crippen molar-refractivity contribution in [1.82, 2.24) is 20.2 Å². The molecule has 5 rings (SSSR count). The van der Waals surface area contributed by atoms with Crippen molar-refractivity contribution in [1.29, 1.82) is 5.26 Å². The van der Waals surface area contributed by atoms with Gasteiger partial charge < -0.3 is 15.2 Å². The molecule has 2 unspecified atom stereocenters. The van der Waals surface area contributed by atoms with Gasteiger partial charge in [0.2, 0.25) is 5.91 Å². The Labute approximate surface area is 230 Å². The van der Waals surface area contributed by atoms with Crippen molar-refractivity contribution in [3.05, 3.63) is 125 Å². The average Bonchev–Trinajstić information content (AvgIpc) is 3.54. The minimum Gasteiger partial charge on any atom is -0.355 e. The van der Waals surface area contributed by atoms with Crippen LogP contribution in [0.25, 0.3) is 0 Å². The van der Waals surface area contributed by atoms with Gasteiger partial charge in [0.15, 0.2) is 0 Å². The van der Waals surface area contributed by atoms with E-state index in [0.29, 0.717) is 12.1 Å². The van der Waals surface area contributed by atoms with Crippen LogP contribution in [0.1, 0.15) is 52.6 Å². The number of imidazole rings is 1. The van der Waals surface area contributed by atoms with E-state index in [2.05, 4.69) is 86.9 Å². The van der Waals surface area contributed by atoms with Crippen molar-refractivity contribution in [3.8, 4) is 6.07 Å². The number of aromatic amines is 1. The summed E-state index contributed by atoms with van der Waals surface area (Å²) in [7, 11) is 0. The van der Waals surface area contributed by atoms with Crippen LogP contribution in [0.15, 0.2) is 97.5 Å². The van der Waals surface area contributed by atoms with Crippen LogP contribution in [0.3, 0.4) is 0 Å². The Balaban J connectivity index is 1.22. The van der Waals surface area contributed by atoms with E-state index in [1.807, 2.05) is 30.5 Å². The number of nitrogens with one attached hydrogen (secondary N) is 2. The molecule has 0 radical (unpaired) electrons. The monoisotopic (exact) mass is 517 g/mol. The Morgan fingerprint density at radius 1 is 1.03 bits per heavy atom. The van der Waals surface area contributed by atoms with Gasteiger partial charge in [-0.25, -0.2) is 4.98 Å². The molecule has 1 aliphatic rings. The number of hydrogen-bond acceptors (Lipinski definition) is 4. The summed E-state index contributed by atoms with van der Waals surface area (Å²) in [5.74, 6) is 0.444. The smallest absolute Gasteiger partial charge is 0.224 e. The molecule has 0 bridgehead atoms. The highest BCUT2D eigenvalue weighted by atomic mass is 16.1. The van der Waals surface area contributed by atoms with Crippen LogP contribution in [-0.4, -0.2) is 47.0 Å². The molecule has 0 saturated carbocycles. The molecule has 6 heteroatoms. The molecule has 2 atom stereocenters. The lowest BCUT2D eigenvalue weighted by Gasteiger charge is -2.35. The second-order valence-electron chi connectivity index (χ2n) is 10.4. The molecule has 39 heavy (non-hydrogen) atoms. The topological polar surface area (TPSA) is 84.8 Å². The Morgan fingerprint density at radius 2 is 1.72 bits per heavy atom. The molecule has 2 heterocycles. The molecular formula is C33H35N5O. The van der Waals surface area contributed by atoms with Crippen LogP contribution in [0.4, 0.5) is 0 Å². The molecule has 1 amide bonds. The van der Waals surface area contributed by atoms with Crippen LogP contribution in [0.2, 0.25) is 0 Å². The Bertz CT molecular complexity index is 1310. The first-order valence-corrected chi connectivity index (χ1v) is 13.8. The fraction of sp³-hybridized carbons (Fsp3) is 0.303. The summed E-state index contributed by atoms with van der Waals surface area (Å²) in [5, 5.41) is 12.4. The van der Waals surface area contributed by atoms with E-state index in [1.165, 1.54) is 11.1 Å². The van der Waals surface area contributed by atoms with E-state index >= 15 is 0 Å². The number of hydrogen-bond donors (Lipinski definition) is 2. The second-order valence-corrected chi connectivity index (χ2v) is 10.4. The van der Waals surface area contributed by atoms with Crippen molar-refractivity contribution in [2.45, 2.75) is 31.1 Å². The molecule has 2 N–H and O–H groups in total. The molecule has 198 valence electrons. The Hall–Kier alpha value is -4.21. The molecule has 1 fully saturated rings. The predicted molar refractivity (Wildman–Crippen MR) is 153 cm³/mol. The first-order chi connectivity index (χ1) is 19.2. The third-order valence-electron chi connectivity index (χ3n) is 7.77. The summed E-state index contributed by atoms with van der Waals surface area (Å²) < 4.78 is 0. The fourth-order valence-electron chi connectivity index (χ4n) is 5.62. The second kappa shape index (κ2) is 13.0. The summed E-state index contributed by atoms with van der Waals surface area (Å²) in [5.41, 5.74) is 5.38. The number of piperidine rings is 1. The van der Waals surface area contributed by atoms with Crippen molar-refractivity contribution >= 4 is 5.91 Å². The van der Waals surface area contributed by atoms with E-state index < -0.39 is 0 Å². The number of H-pyrrole nitrogens is 1. The largest absolute Gasteiger partial charge is 0.355 e. The zero-order chi connectivity index (χ0) is 26.9. The first-order valence-electron chi connectivity index (χ1n) is 13.8. The fourth-order valence-corrected chi connectivity index (χ4v) is 5.62. The van der Waals surface area contributed by atoms with Crippen LogP contribution in [0, 0.1) is 17.2 Å². The normalized spacial score (nSPS) is 16.5. The average molecular weight is 518 g/mol. The number of carbonyl (C=O) groups excluding carboxylic acids is 1. The summed E-state index contributed by atoms with van der Waals surface area (Å²) in [6.07, 6.45) is 6.19. The highest BCUT2D eigenvalue weighted by molar-refractivity contribution is 5.79. The minimum atomic E-state index is -0.0247. The molecule has 1 aliphatic heterocycles.